The molecule has 62 valence electrons. The summed E-state index contributed by atoms with van der Waals surface area (Å²) < 4.78 is 12.6. The van der Waals surface area contributed by atoms with Crippen molar-refractivity contribution in [1.82, 2.24) is 0 Å². The Kier molecular flexibility index (Phi) is 3.69. The molecule has 0 amide bonds. The van der Waals surface area contributed by atoms with Gasteiger partial charge >= 0.3 is 0 Å². The summed E-state index contributed by atoms with van der Waals surface area (Å²) >= 11 is 2.04. The molecule has 0 bridgehead atoms. The molecule has 1 aromatic carbocycles. The van der Waals surface area contributed by atoms with Crippen LogP contribution in [-0.2, 0) is 0 Å². The third kappa shape index (κ3) is 2.57. The van der Waals surface area contributed by atoms with Crippen LogP contribution in [0.15, 0.2) is 18.2 Å². The Hall–Kier alpha value is -0.410. The van der Waals surface area contributed by atoms with E-state index in [4.69, 9.17) is 5.73 Å². The van der Waals surface area contributed by atoms with Crippen molar-refractivity contribution in [2.75, 3.05) is 5.73 Å². The molecule has 0 fully saturated rings. The monoisotopic (exact) mass is 293 g/mol. The van der Waals surface area contributed by atoms with Crippen LogP contribution in [0.4, 0.5) is 10.1 Å². The molecule has 0 aliphatic heterocycles. The quantitative estimate of drug-likeness (QED) is 0.452. The van der Waals surface area contributed by atoms with Gasteiger partial charge in [-0.3, -0.25) is 0 Å². The predicted octanol–water partition coefficient (Wildman–Crippen LogP) is 2.80. The van der Waals surface area contributed by atoms with Crippen molar-refractivity contribution in [2.24, 2.45) is 0 Å². The molecule has 0 heterocycles. The minimum Gasteiger partial charge on any atom is -0.398 e. The van der Waals surface area contributed by atoms with E-state index in [1.807, 2.05) is 21.2 Å². The molecule has 1 rings (SSSR count). The lowest BCUT2D eigenvalue weighted by molar-refractivity contribution is 0.627. The van der Waals surface area contributed by atoms with Crippen molar-refractivity contribution in [3.8, 4) is 11.2 Å². The van der Waals surface area contributed by atoms with Crippen LogP contribution >= 0.6 is 30.1 Å². The van der Waals surface area contributed by atoms with E-state index in [2.05, 4.69) is 11.2 Å². The first-order valence-corrected chi connectivity index (χ1v) is 6.43. The van der Waals surface area contributed by atoms with Crippen molar-refractivity contribution in [1.29, 1.82) is 0 Å². The SMILES string of the molecule is Nc1ccc(F)cc1C#CSI. The highest BCUT2D eigenvalue weighted by atomic mass is 127. The molecule has 0 spiro atoms. The van der Waals surface area contributed by atoms with Crippen molar-refractivity contribution in [2.45, 2.75) is 0 Å². The maximum absolute atomic E-state index is 12.6. The molecule has 0 aliphatic carbocycles. The molecular formula is C8H5FINS. The van der Waals surface area contributed by atoms with Crippen LogP contribution in [0.25, 0.3) is 0 Å². The van der Waals surface area contributed by atoms with E-state index in [9.17, 15) is 4.39 Å². The van der Waals surface area contributed by atoms with E-state index >= 15 is 0 Å². The summed E-state index contributed by atoms with van der Waals surface area (Å²) in [5.41, 5.74) is 6.60. The third-order valence-electron chi connectivity index (χ3n) is 1.24. The normalized spacial score (nSPS) is 8.83. The van der Waals surface area contributed by atoms with Gasteiger partial charge in [0.2, 0.25) is 0 Å². The van der Waals surface area contributed by atoms with Gasteiger partial charge in [-0.15, -0.1) is 0 Å². The van der Waals surface area contributed by atoms with Gasteiger partial charge in [0.05, 0.1) is 5.56 Å². The molecule has 2 N–H and O–H groups in total. The van der Waals surface area contributed by atoms with Crippen molar-refractivity contribution in [3.05, 3.63) is 29.6 Å². The van der Waals surface area contributed by atoms with Crippen molar-refractivity contribution >= 4 is 35.8 Å². The lowest BCUT2D eigenvalue weighted by atomic mass is 10.2. The molecular weight excluding hydrogens is 288 g/mol. The van der Waals surface area contributed by atoms with Crippen LogP contribution in [0.3, 0.4) is 0 Å². The number of nitrogens with two attached hydrogens (primary N) is 1. The maximum atomic E-state index is 12.6. The predicted molar refractivity (Wildman–Crippen MR) is 59.3 cm³/mol. The van der Waals surface area contributed by atoms with Gasteiger partial charge in [-0.1, -0.05) is 5.92 Å². The van der Waals surface area contributed by atoms with E-state index in [-0.39, 0.29) is 5.82 Å². The number of nitrogen functional groups attached to an aromatic ring is 1. The Balaban J connectivity index is 3.05. The number of hydrogen-bond acceptors (Lipinski definition) is 2. The summed E-state index contributed by atoms with van der Waals surface area (Å²) in [6.07, 6.45) is 0. The topological polar surface area (TPSA) is 26.0 Å². The number of anilines is 1. The molecule has 4 heteroatoms. The van der Waals surface area contributed by atoms with Gasteiger partial charge in [0.15, 0.2) is 0 Å². The van der Waals surface area contributed by atoms with Gasteiger partial charge in [-0.05, 0) is 32.4 Å². The van der Waals surface area contributed by atoms with Crippen LogP contribution in [0, 0.1) is 17.0 Å². The highest BCUT2D eigenvalue weighted by Crippen LogP contribution is 2.13. The highest BCUT2D eigenvalue weighted by Gasteiger charge is 1.96. The Morgan fingerprint density at radius 3 is 2.92 bits per heavy atom. The zero-order valence-corrected chi connectivity index (χ0v) is 8.95. The summed E-state index contributed by atoms with van der Waals surface area (Å²) in [4.78, 5) is 0. The van der Waals surface area contributed by atoms with E-state index in [1.165, 1.54) is 27.1 Å². The fourth-order valence-corrected chi connectivity index (χ4v) is 1.19. The maximum Gasteiger partial charge on any atom is 0.124 e. The second-order valence-corrected chi connectivity index (χ2v) is 3.72. The van der Waals surface area contributed by atoms with Gasteiger partial charge in [0.25, 0.3) is 0 Å². The first-order chi connectivity index (χ1) is 5.74. The first kappa shape index (κ1) is 9.68. The standard InChI is InChI=1S/C8H5FINS/c9-7-1-2-8(11)6(5-7)3-4-12-10/h1-2,5H,11H2. The average molecular weight is 293 g/mol. The molecule has 0 saturated heterocycles. The first-order valence-electron chi connectivity index (χ1n) is 3.07. The molecule has 12 heavy (non-hydrogen) atoms. The smallest absolute Gasteiger partial charge is 0.124 e. The van der Waals surface area contributed by atoms with E-state index < -0.39 is 0 Å². The lowest BCUT2D eigenvalue weighted by Gasteiger charge is -1.96. The van der Waals surface area contributed by atoms with E-state index in [1.54, 1.807) is 0 Å². The fourth-order valence-electron chi connectivity index (χ4n) is 0.711. The molecule has 0 unspecified atom stereocenters. The summed E-state index contributed by atoms with van der Waals surface area (Å²) in [7, 11) is 1.34. The number of hydrogen-bond donors (Lipinski definition) is 1. The molecule has 0 aromatic heterocycles. The van der Waals surface area contributed by atoms with Gasteiger partial charge in [0, 0.05) is 26.9 Å². The number of benzene rings is 1. The van der Waals surface area contributed by atoms with Crippen LogP contribution in [-0.4, -0.2) is 0 Å². The molecule has 0 atom stereocenters. The van der Waals surface area contributed by atoms with Crippen molar-refractivity contribution < 1.29 is 4.39 Å². The highest BCUT2D eigenvalue weighted by molar-refractivity contribution is 14.2. The van der Waals surface area contributed by atoms with Gasteiger partial charge in [-0.25, -0.2) is 4.39 Å². The van der Waals surface area contributed by atoms with Crippen LogP contribution in [0.5, 0.6) is 0 Å². The summed E-state index contributed by atoms with van der Waals surface area (Å²) in [5, 5.41) is 2.74. The molecule has 1 nitrogen and oxygen atoms in total. The zero-order chi connectivity index (χ0) is 8.97. The summed E-state index contributed by atoms with van der Waals surface area (Å²) in [6.45, 7) is 0. The lowest BCUT2D eigenvalue weighted by Crippen LogP contribution is -1.90. The molecule has 1 aromatic rings. The van der Waals surface area contributed by atoms with Crippen LogP contribution < -0.4 is 5.73 Å². The van der Waals surface area contributed by atoms with E-state index in [0.29, 0.717) is 11.3 Å². The zero-order valence-electron chi connectivity index (χ0n) is 5.97. The minimum atomic E-state index is -0.313. The Labute approximate surface area is 86.5 Å². The fraction of sp³-hybridized carbons (Fsp3) is 0. The second kappa shape index (κ2) is 4.58. The average Bonchev–Trinajstić information content (AvgIpc) is 2.07. The van der Waals surface area contributed by atoms with Crippen molar-refractivity contribution in [3.63, 3.8) is 0 Å². The van der Waals surface area contributed by atoms with Gasteiger partial charge < -0.3 is 5.73 Å². The number of rotatable bonds is 0. The van der Waals surface area contributed by atoms with E-state index in [0.717, 1.165) is 0 Å². The van der Waals surface area contributed by atoms with Crippen LogP contribution in [0.1, 0.15) is 5.56 Å². The Bertz CT molecular complexity index is 343. The van der Waals surface area contributed by atoms with Gasteiger partial charge in [0.1, 0.15) is 5.82 Å². The third-order valence-corrected chi connectivity index (χ3v) is 2.08. The molecule has 0 radical (unpaired) electrons. The Morgan fingerprint density at radius 1 is 1.50 bits per heavy atom. The Morgan fingerprint density at radius 2 is 2.25 bits per heavy atom. The second-order valence-electron chi connectivity index (χ2n) is 2.04. The molecule has 0 saturated carbocycles. The summed E-state index contributed by atoms with van der Waals surface area (Å²) in [6, 6.07) is 4.16. The largest absolute Gasteiger partial charge is 0.398 e. The summed E-state index contributed by atoms with van der Waals surface area (Å²) in [5.74, 6) is 2.43. The molecule has 0 aliphatic rings. The van der Waals surface area contributed by atoms with Crippen LogP contribution in [0.2, 0.25) is 0 Å². The number of halogens is 2. The van der Waals surface area contributed by atoms with Gasteiger partial charge in [-0.2, -0.15) is 0 Å². The minimum absolute atomic E-state index is 0.313.